The van der Waals surface area contributed by atoms with Gasteiger partial charge in [0, 0.05) is 6.20 Å². The first-order valence-electron chi connectivity index (χ1n) is 4.44. The van der Waals surface area contributed by atoms with E-state index in [1.54, 1.807) is 30.3 Å². The first kappa shape index (κ1) is 11.2. The lowest BCUT2D eigenvalue weighted by Crippen LogP contribution is -1.89. The largest absolute Gasteiger partial charge is 0.504 e. The highest BCUT2D eigenvalue weighted by atomic mass is 79.9. The minimum absolute atomic E-state index is 0.0613. The molecule has 1 N–H and O–H groups in total. The average Bonchev–Trinajstić information content (AvgIpc) is 2.25. The van der Waals surface area contributed by atoms with E-state index < -0.39 is 0 Å². The molecule has 0 fully saturated rings. The van der Waals surface area contributed by atoms with Crippen LogP contribution in [0.4, 0.5) is 0 Å². The summed E-state index contributed by atoms with van der Waals surface area (Å²) in [6.07, 6.45) is 1.47. The summed E-state index contributed by atoms with van der Waals surface area (Å²) < 4.78 is 6.06. The van der Waals surface area contributed by atoms with E-state index in [-0.39, 0.29) is 5.75 Å². The maximum absolute atomic E-state index is 9.52. The molecule has 2 aromatic rings. The summed E-state index contributed by atoms with van der Waals surface area (Å²) in [7, 11) is 0. The van der Waals surface area contributed by atoms with E-state index in [0.717, 1.165) is 0 Å². The Kier molecular flexibility index (Phi) is 3.31. The molecule has 1 aromatic heterocycles. The molecule has 1 heterocycles. The Labute approximate surface area is 106 Å². The van der Waals surface area contributed by atoms with E-state index in [4.69, 9.17) is 16.3 Å². The van der Waals surface area contributed by atoms with Crippen LogP contribution in [0.1, 0.15) is 0 Å². The van der Waals surface area contributed by atoms with Gasteiger partial charge in [0.25, 0.3) is 0 Å². The van der Waals surface area contributed by atoms with Crippen molar-refractivity contribution in [2.45, 2.75) is 0 Å². The van der Waals surface area contributed by atoms with Gasteiger partial charge < -0.3 is 9.84 Å². The fourth-order valence-corrected chi connectivity index (χ4v) is 1.84. The second-order valence-electron chi connectivity index (χ2n) is 3.01. The zero-order valence-corrected chi connectivity index (χ0v) is 10.4. The molecule has 0 bridgehead atoms. The van der Waals surface area contributed by atoms with Gasteiger partial charge >= 0.3 is 0 Å². The summed E-state index contributed by atoms with van der Waals surface area (Å²) in [5, 5.41) is 10.0. The zero-order chi connectivity index (χ0) is 11.5. The molecule has 3 nitrogen and oxygen atoms in total. The van der Waals surface area contributed by atoms with Crippen molar-refractivity contribution in [3.63, 3.8) is 0 Å². The topological polar surface area (TPSA) is 42.4 Å². The van der Waals surface area contributed by atoms with E-state index in [9.17, 15) is 5.11 Å². The van der Waals surface area contributed by atoms with E-state index >= 15 is 0 Å². The lowest BCUT2D eigenvalue weighted by Gasteiger charge is -2.07. The Morgan fingerprint density at radius 1 is 1.31 bits per heavy atom. The van der Waals surface area contributed by atoms with Crippen LogP contribution in [0.5, 0.6) is 17.4 Å². The Balaban J connectivity index is 2.31. The first-order valence-corrected chi connectivity index (χ1v) is 5.61. The molecule has 5 heteroatoms. The highest BCUT2D eigenvalue weighted by molar-refractivity contribution is 9.10. The molecule has 0 unspecified atom stereocenters. The van der Waals surface area contributed by atoms with Crippen LogP contribution in [0, 0.1) is 0 Å². The highest BCUT2D eigenvalue weighted by Gasteiger charge is 2.07. The molecule has 82 valence electrons. The van der Waals surface area contributed by atoms with Crippen LogP contribution in [0.15, 0.2) is 41.0 Å². The SMILES string of the molecule is Oc1ccccc1Oc1ncc(Cl)cc1Br. The number of benzene rings is 1. The first-order chi connectivity index (χ1) is 7.66. The fourth-order valence-electron chi connectivity index (χ4n) is 1.12. The molecule has 0 saturated carbocycles. The van der Waals surface area contributed by atoms with Crippen LogP contribution in [0.2, 0.25) is 5.02 Å². The lowest BCUT2D eigenvalue weighted by molar-refractivity contribution is 0.401. The molecule has 0 atom stereocenters. The van der Waals surface area contributed by atoms with Gasteiger partial charge in [0.05, 0.1) is 9.50 Å². The van der Waals surface area contributed by atoms with Crippen molar-refractivity contribution < 1.29 is 9.84 Å². The number of halogens is 2. The van der Waals surface area contributed by atoms with Gasteiger partial charge in [-0.3, -0.25) is 0 Å². The Hall–Kier alpha value is -1.26. The van der Waals surface area contributed by atoms with Crippen molar-refractivity contribution in [2.24, 2.45) is 0 Å². The van der Waals surface area contributed by atoms with Crippen LogP contribution < -0.4 is 4.74 Å². The number of nitrogens with zero attached hydrogens (tertiary/aromatic N) is 1. The molecule has 0 aliphatic heterocycles. The van der Waals surface area contributed by atoms with Crippen molar-refractivity contribution in [2.75, 3.05) is 0 Å². The van der Waals surface area contributed by atoms with Crippen LogP contribution >= 0.6 is 27.5 Å². The fraction of sp³-hybridized carbons (Fsp3) is 0. The van der Waals surface area contributed by atoms with E-state index in [1.807, 2.05) is 0 Å². The second-order valence-corrected chi connectivity index (χ2v) is 4.30. The van der Waals surface area contributed by atoms with Crippen molar-refractivity contribution in [3.8, 4) is 17.4 Å². The molecule has 0 saturated heterocycles. The second kappa shape index (κ2) is 4.72. The number of phenolic OH excluding ortho intramolecular Hbond substituents is 1. The minimum atomic E-state index is 0.0613. The number of rotatable bonds is 2. The standard InChI is InChI=1S/C11H7BrClNO2/c12-8-5-7(13)6-14-11(8)16-10-4-2-1-3-9(10)15/h1-6,15H. The number of pyridine rings is 1. The van der Waals surface area contributed by atoms with E-state index in [0.29, 0.717) is 21.1 Å². The van der Waals surface area contributed by atoms with Gasteiger partial charge in [0.2, 0.25) is 5.88 Å². The summed E-state index contributed by atoms with van der Waals surface area (Å²) >= 11 is 9.03. The zero-order valence-electron chi connectivity index (χ0n) is 8.02. The molecule has 0 radical (unpaired) electrons. The maximum Gasteiger partial charge on any atom is 0.233 e. The van der Waals surface area contributed by atoms with Gasteiger partial charge in [0.1, 0.15) is 0 Å². The number of aromatic hydroxyl groups is 1. The third kappa shape index (κ3) is 2.46. The Morgan fingerprint density at radius 3 is 2.75 bits per heavy atom. The van der Waals surface area contributed by atoms with Crippen LogP contribution in [0.25, 0.3) is 0 Å². The summed E-state index contributed by atoms with van der Waals surface area (Å²) in [4.78, 5) is 4.00. The van der Waals surface area contributed by atoms with Crippen LogP contribution in [-0.2, 0) is 0 Å². The molecular weight excluding hydrogens is 293 g/mol. The van der Waals surface area contributed by atoms with Gasteiger partial charge in [-0.15, -0.1) is 0 Å². The third-order valence-corrected chi connectivity index (χ3v) is 2.62. The molecule has 16 heavy (non-hydrogen) atoms. The predicted molar refractivity (Wildman–Crippen MR) is 65.1 cm³/mol. The number of hydrogen-bond acceptors (Lipinski definition) is 3. The van der Waals surface area contributed by atoms with Gasteiger partial charge in [-0.2, -0.15) is 0 Å². The van der Waals surface area contributed by atoms with E-state index in [1.165, 1.54) is 6.20 Å². The number of aromatic nitrogens is 1. The maximum atomic E-state index is 9.52. The van der Waals surface area contributed by atoms with Crippen molar-refractivity contribution in [1.82, 2.24) is 4.98 Å². The number of hydrogen-bond donors (Lipinski definition) is 1. The summed E-state index contributed by atoms with van der Waals surface area (Å²) in [5.41, 5.74) is 0. The van der Waals surface area contributed by atoms with Gasteiger partial charge in [0.15, 0.2) is 11.5 Å². The Bertz CT molecular complexity index is 519. The molecule has 1 aromatic carbocycles. The highest BCUT2D eigenvalue weighted by Crippen LogP contribution is 2.33. The van der Waals surface area contributed by atoms with Crippen molar-refractivity contribution in [3.05, 3.63) is 46.0 Å². The third-order valence-electron chi connectivity index (χ3n) is 1.85. The van der Waals surface area contributed by atoms with Crippen LogP contribution in [-0.4, -0.2) is 10.1 Å². The van der Waals surface area contributed by atoms with Crippen molar-refractivity contribution in [1.29, 1.82) is 0 Å². The van der Waals surface area contributed by atoms with Crippen LogP contribution in [0.3, 0.4) is 0 Å². The molecule has 0 amide bonds. The number of phenols is 1. The monoisotopic (exact) mass is 299 g/mol. The summed E-state index contributed by atoms with van der Waals surface area (Å²) in [6, 6.07) is 8.34. The molecule has 0 aliphatic rings. The summed E-state index contributed by atoms with van der Waals surface area (Å²) in [5.74, 6) is 0.759. The minimum Gasteiger partial charge on any atom is -0.504 e. The smallest absolute Gasteiger partial charge is 0.233 e. The van der Waals surface area contributed by atoms with Gasteiger partial charge in [-0.05, 0) is 34.1 Å². The number of para-hydroxylation sites is 2. The van der Waals surface area contributed by atoms with Gasteiger partial charge in [-0.25, -0.2) is 4.98 Å². The average molecular weight is 301 g/mol. The normalized spacial score (nSPS) is 10.1. The summed E-state index contributed by atoms with van der Waals surface area (Å²) in [6.45, 7) is 0. The van der Waals surface area contributed by atoms with Crippen molar-refractivity contribution >= 4 is 27.5 Å². The van der Waals surface area contributed by atoms with E-state index in [2.05, 4.69) is 20.9 Å². The molecule has 0 spiro atoms. The lowest BCUT2D eigenvalue weighted by atomic mass is 10.3. The number of ether oxygens (including phenoxy) is 1. The molecule has 2 rings (SSSR count). The Morgan fingerprint density at radius 2 is 2.06 bits per heavy atom. The molecular formula is C11H7BrClNO2. The molecule has 0 aliphatic carbocycles. The predicted octanol–water partition coefficient (Wildman–Crippen LogP) is 4.00. The van der Waals surface area contributed by atoms with Gasteiger partial charge in [-0.1, -0.05) is 23.7 Å². The quantitative estimate of drug-likeness (QED) is 0.911.